The fraction of sp³-hybridized carbons (Fsp3) is 0.333. The minimum atomic E-state index is -4.68. The zero-order valence-electron chi connectivity index (χ0n) is 18.8. The van der Waals surface area contributed by atoms with Crippen LogP contribution in [0.3, 0.4) is 0 Å². The van der Waals surface area contributed by atoms with Crippen LogP contribution >= 0.6 is 0 Å². The van der Waals surface area contributed by atoms with Gasteiger partial charge in [0.1, 0.15) is 0 Å². The van der Waals surface area contributed by atoms with Crippen LogP contribution in [-0.4, -0.2) is 47.9 Å². The molecular weight excluding hydrogens is 447 g/mol. The van der Waals surface area contributed by atoms with E-state index in [4.69, 9.17) is 4.74 Å². The van der Waals surface area contributed by atoms with Gasteiger partial charge in [-0.05, 0) is 55.2 Å². The van der Waals surface area contributed by atoms with Crippen molar-refractivity contribution in [2.75, 3.05) is 37.0 Å². The van der Waals surface area contributed by atoms with Gasteiger partial charge in [0, 0.05) is 37.6 Å². The third-order valence-electron chi connectivity index (χ3n) is 5.71. The Morgan fingerprint density at radius 1 is 1.21 bits per heavy atom. The van der Waals surface area contributed by atoms with E-state index in [9.17, 15) is 18.0 Å². The lowest BCUT2D eigenvalue weighted by Crippen LogP contribution is -2.32. The molecule has 178 valence electrons. The number of rotatable bonds is 6. The van der Waals surface area contributed by atoms with Crippen molar-refractivity contribution in [2.24, 2.45) is 0 Å². The zero-order valence-corrected chi connectivity index (χ0v) is 18.8. The van der Waals surface area contributed by atoms with E-state index in [2.05, 4.69) is 31.5 Å². The van der Waals surface area contributed by atoms with Crippen LogP contribution in [0, 0.1) is 6.92 Å². The molecule has 0 fully saturated rings. The van der Waals surface area contributed by atoms with Crippen molar-refractivity contribution < 1.29 is 22.7 Å². The number of anilines is 2. The van der Waals surface area contributed by atoms with E-state index in [0.717, 1.165) is 60.2 Å². The maximum atomic E-state index is 12.9. The van der Waals surface area contributed by atoms with Crippen molar-refractivity contribution in [3.05, 3.63) is 65.2 Å². The van der Waals surface area contributed by atoms with Gasteiger partial charge in [0.2, 0.25) is 0 Å². The Hall–Kier alpha value is -3.53. The van der Waals surface area contributed by atoms with Gasteiger partial charge in [-0.15, -0.1) is 5.10 Å². The van der Waals surface area contributed by atoms with Crippen molar-refractivity contribution in [3.63, 3.8) is 0 Å². The number of carbonyl (C=O) groups is 1. The molecule has 4 rings (SSSR count). The average molecular weight is 471 g/mol. The number of pyridine rings is 1. The van der Waals surface area contributed by atoms with Gasteiger partial charge in [0.15, 0.2) is 5.69 Å². The largest absolute Gasteiger partial charge is 0.435 e. The topological polar surface area (TPSA) is 80.2 Å². The summed E-state index contributed by atoms with van der Waals surface area (Å²) in [7, 11) is 1.68. The molecule has 0 aliphatic carbocycles. The molecule has 1 aliphatic rings. The first-order valence-corrected chi connectivity index (χ1v) is 10.8. The highest BCUT2D eigenvalue weighted by Crippen LogP contribution is 2.33. The second kappa shape index (κ2) is 9.76. The molecular formula is C24H24F3N5O2. The van der Waals surface area contributed by atoms with Crippen LogP contribution in [0.2, 0.25) is 0 Å². The summed E-state index contributed by atoms with van der Waals surface area (Å²) in [5, 5.41) is 9.01. The quantitative estimate of drug-likeness (QED) is 0.570. The van der Waals surface area contributed by atoms with Crippen LogP contribution in [0.15, 0.2) is 42.7 Å². The summed E-state index contributed by atoms with van der Waals surface area (Å²) >= 11 is 0. The zero-order chi connectivity index (χ0) is 24.3. The molecule has 34 heavy (non-hydrogen) atoms. The van der Waals surface area contributed by atoms with Crippen molar-refractivity contribution in [2.45, 2.75) is 25.9 Å². The Morgan fingerprint density at radius 2 is 2.03 bits per heavy atom. The number of halogens is 3. The number of methoxy groups -OCH3 is 1. The molecule has 1 N–H and O–H groups in total. The van der Waals surface area contributed by atoms with E-state index >= 15 is 0 Å². The number of carbonyl (C=O) groups excluding carboxylic acids is 1. The molecule has 2 aromatic heterocycles. The molecule has 0 saturated carbocycles. The number of ether oxygens (including phenoxy) is 1. The highest BCUT2D eigenvalue weighted by atomic mass is 19.4. The first-order chi connectivity index (χ1) is 16.3. The van der Waals surface area contributed by atoms with Crippen LogP contribution in [0.5, 0.6) is 0 Å². The predicted molar refractivity (Wildman–Crippen MR) is 122 cm³/mol. The number of nitrogens with zero attached hydrogens (tertiary/aromatic N) is 4. The second-order valence-electron chi connectivity index (χ2n) is 8.08. The van der Waals surface area contributed by atoms with Crippen LogP contribution in [0.1, 0.15) is 33.7 Å². The Morgan fingerprint density at radius 3 is 2.79 bits per heavy atom. The average Bonchev–Trinajstić information content (AvgIpc) is 2.83. The molecule has 3 heterocycles. The number of hydrogen-bond acceptors (Lipinski definition) is 6. The molecule has 0 atom stereocenters. The van der Waals surface area contributed by atoms with E-state index in [-0.39, 0.29) is 5.56 Å². The Labute approximate surface area is 195 Å². The molecule has 0 radical (unpaired) electrons. The molecule has 1 amide bonds. The number of benzene rings is 1. The summed E-state index contributed by atoms with van der Waals surface area (Å²) in [5.74, 6) is -0.704. The molecule has 0 spiro atoms. The van der Waals surface area contributed by atoms with E-state index in [1.165, 1.54) is 0 Å². The number of alkyl halides is 3. The summed E-state index contributed by atoms with van der Waals surface area (Å²) < 4.78 is 44.0. The lowest BCUT2D eigenvalue weighted by atomic mass is 9.98. The molecule has 3 aromatic rings. The third kappa shape index (κ3) is 5.17. The summed E-state index contributed by atoms with van der Waals surface area (Å²) in [6, 6.07) is 8.11. The van der Waals surface area contributed by atoms with Crippen LogP contribution < -0.4 is 10.2 Å². The van der Waals surface area contributed by atoms with E-state index in [1.807, 2.05) is 19.2 Å². The van der Waals surface area contributed by atoms with Crippen LogP contribution in [0.4, 0.5) is 24.5 Å². The summed E-state index contributed by atoms with van der Waals surface area (Å²) in [4.78, 5) is 19.5. The van der Waals surface area contributed by atoms with E-state index in [1.54, 1.807) is 19.2 Å². The first kappa shape index (κ1) is 23.6. The van der Waals surface area contributed by atoms with Gasteiger partial charge in [-0.25, -0.2) is 0 Å². The van der Waals surface area contributed by atoms with Crippen LogP contribution in [0.25, 0.3) is 11.1 Å². The van der Waals surface area contributed by atoms with Gasteiger partial charge in [0.05, 0.1) is 29.7 Å². The molecule has 0 bridgehead atoms. The van der Waals surface area contributed by atoms with Crippen molar-refractivity contribution in [3.8, 4) is 11.1 Å². The highest BCUT2D eigenvalue weighted by Gasteiger charge is 2.33. The Kier molecular flexibility index (Phi) is 6.78. The molecule has 7 nitrogen and oxygen atoms in total. The van der Waals surface area contributed by atoms with E-state index in [0.29, 0.717) is 18.4 Å². The van der Waals surface area contributed by atoms with Crippen LogP contribution in [-0.2, 0) is 17.3 Å². The van der Waals surface area contributed by atoms with Crippen molar-refractivity contribution in [1.82, 2.24) is 15.2 Å². The number of fused-ring (bicyclic) bond motifs is 1. The van der Waals surface area contributed by atoms with Crippen molar-refractivity contribution >= 4 is 17.3 Å². The Balaban J connectivity index is 1.60. The van der Waals surface area contributed by atoms with Gasteiger partial charge < -0.3 is 15.0 Å². The van der Waals surface area contributed by atoms with Gasteiger partial charge in [-0.3, -0.25) is 9.78 Å². The third-order valence-corrected chi connectivity index (χ3v) is 5.71. The fourth-order valence-corrected chi connectivity index (χ4v) is 3.93. The number of aryl methyl sites for hydroxylation is 2. The molecule has 10 heteroatoms. The van der Waals surface area contributed by atoms with Gasteiger partial charge in [0.25, 0.3) is 5.91 Å². The molecule has 1 aromatic carbocycles. The second-order valence-corrected chi connectivity index (χ2v) is 8.08. The molecule has 0 saturated heterocycles. The molecule has 0 unspecified atom stereocenters. The van der Waals surface area contributed by atoms with Gasteiger partial charge >= 0.3 is 6.18 Å². The lowest BCUT2D eigenvalue weighted by Gasteiger charge is -2.31. The van der Waals surface area contributed by atoms with E-state index < -0.39 is 17.8 Å². The number of hydrogen-bond donors (Lipinski definition) is 1. The smallest absolute Gasteiger partial charge is 0.383 e. The first-order valence-electron chi connectivity index (χ1n) is 10.8. The number of aromatic nitrogens is 3. The number of amides is 1. The van der Waals surface area contributed by atoms with Gasteiger partial charge in [-0.1, -0.05) is 6.07 Å². The fourth-order valence-electron chi connectivity index (χ4n) is 3.93. The Bertz CT molecular complexity index is 1200. The standard InChI is InChI=1S/C24H24F3N5O2/c1-15-5-6-18(30-23(33)17-11-22(24(25,26)27)31-29-14-17)12-19(15)16-10-21-20(28-13-16)4-3-7-32(21)8-9-34-2/h5-6,10-14H,3-4,7-9H2,1-2H3,(H,30,33). The summed E-state index contributed by atoms with van der Waals surface area (Å²) in [6.07, 6.45) is 0.0745. The predicted octanol–water partition coefficient (Wildman–Crippen LogP) is 4.52. The SMILES string of the molecule is COCCN1CCCc2ncc(-c3cc(NC(=O)c4cnnc(C(F)(F)F)c4)ccc3C)cc21. The number of nitrogens with one attached hydrogen (secondary N) is 1. The monoisotopic (exact) mass is 471 g/mol. The van der Waals surface area contributed by atoms with Gasteiger partial charge in [-0.2, -0.15) is 18.3 Å². The molecule has 1 aliphatic heterocycles. The highest BCUT2D eigenvalue weighted by molar-refractivity contribution is 6.04. The minimum absolute atomic E-state index is 0.228. The lowest BCUT2D eigenvalue weighted by molar-refractivity contribution is -0.141. The maximum Gasteiger partial charge on any atom is 0.435 e. The minimum Gasteiger partial charge on any atom is -0.383 e. The summed E-state index contributed by atoms with van der Waals surface area (Å²) in [5.41, 5.74) is 3.84. The van der Waals surface area contributed by atoms with Crippen molar-refractivity contribution in [1.29, 1.82) is 0 Å². The normalized spacial score (nSPS) is 13.5. The summed E-state index contributed by atoms with van der Waals surface area (Å²) in [6.45, 7) is 4.26. The maximum absolute atomic E-state index is 12.9.